The molecule has 0 radical (unpaired) electrons. The number of pyridine rings is 1. The Morgan fingerprint density at radius 1 is 1.38 bits per heavy atom. The molecule has 2 heterocycles. The highest BCUT2D eigenvalue weighted by molar-refractivity contribution is 8.15. The molecule has 0 fully saturated rings. The van der Waals surface area contributed by atoms with E-state index in [1.807, 2.05) is 6.92 Å². The van der Waals surface area contributed by atoms with Crippen LogP contribution in [0.3, 0.4) is 0 Å². The minimum absolute atomic E-state index is 0.119. The number of thiophene rings is 1. The van der Waals surface area contributed by atoms with E-state index in [0.29, 0.717) is 18.5 Å². The quantitative estimate of drug-likeness (QED) is 0.845. The van der Waals surface area contributed by atoms with Crippen molar-refractivity contribution in [2.24, 2.45) is 0 Å². The van der Waals surface area contributed by atoms with Crippen LogP contribution in [0.1, 0.15) is 20.8 Å². The number of aryl methyl sites for hydroxylation is 1. The molecule has 5 nitrogen and oxygen atoms in total. The molecule has 8 heteroatoms. The number of amides is 1. The summed E-state index contributed by atoms with van der Waals surface area (Å²) in [7, 11) is 1.58. The smallest absolute Gasteiger partial charge is 0.270 e. The lowest BCUT2D eigenvalue weighted by Crippen LogP contribution is -2.25. The first-order chi connectivity index (χ1) is 9.86. The van der Waals surface area contributed by atoms with Gasteiger partial charge in [0.1, 0.15) is 4.21 Å². The van der Waals surface area contributed by atoms with Gasteiger partial charge in [-0.3, -0.25) is 9.78 Å². The van der Waals surface area contributed by atoms with Crippen molar-refractivity contribution in [3.05, 3.63) is 46.6 Å². The van der Waals surface area contributed by atoms with Crippen molar-refractivity contribution >= 4 is 37.0 Å². The van der Waals surface area contributed by atoms with Gasteiger partial charge in [-0.25, -0.2) is 8.42 Å². The largest absolute Gasteiger partial charge is 0.352 e. The SMILES string of the molecule is Cc1cncc(C(=O)NCCc2ccc(S(=O)(=O)Cl)s2)c1. The zero-order valence-electron chi connectivity index (χ0n) is 11.2. The zero-order valence-corrected chi connectivity index (χ0v) is 13.6. The predicted molar refractivity (Wildman–Crippen MR) is 82.4 cm³/mol. The van der Waals surface area contributed by atoms with Gasteiger partial charge in [-0.15, -0.1) is 11.3 Å². The van der Waals surface area contributed by atoms with E-state index < -0.39 is 9.05 Å². The van der Waals surface area contributed by atoms with E-state index in [4.69, 9.17) is 10.7 Å². The topological polar surface area (TPSA) is 76.1 Å². The average Bonchev–Trinajstić information content (AvgIpc) is 2.87. The highest BCUT2D eigenvalue weighted by Crippen LogP contribution is 2.24. The van der Waals surface area contributed by atoms with Gasteiger partial charge in [0.25, 0.3) is 15.0 Å². The predicted octanol–water partition coefficient (Wildman–Crippen LogP) is 2.35. The first kappa shape index (κ1) is 15.9. The monoisotopic (exact) mass is 344 g/mol. The fourth-order valence-electron chi connectivity index (χ4n) is 1.70. The molecule has 0 saturated carbocycles. The highest BCUT2D eigenvalue weighted by Gasteiger charge is 2.13. The number of carbonyl (C=O) groups is 1. The minimum Gasteiger partial charge on any atom is -0.352 e. The molecule has 1 amide bonds. The molecule has 0 bridgehead atoms. The number of nitrogens with zero attached hydrogens (tertiary/aromatic N) is 1. The van der Waals surface area contributed by atoms with Gasteiger partial charge in [0, 0.05) is 34.5 Å². The minimum atomic E-state index is -3.68. The molecular formula is C13H13ClN2O3S2. The van der Waals surface area contributed by atoms with E-state index in [1.54, 1.807) is 18.3 Å². The van der Waals surface area contributed by atoms with Crippen LogP contribution >= 0.6 is 22.0 Å². The lowest BCUT2D eigenvalue weighted by atomic mass is 10.2. The van der Waals surface area contributed by atoms with E-state index in [0.717, 1.165) is 21.8 Å². The number of hydrogen-bond acceptors (Lipinski definition) is 5. The molecule has 0 unspecified atom stereocenters. The Labute approximate surface area is 131 Å². The van der Waals surface area contributed by atoms with Crippen molar-refractivity contribution < 1.29 is 13.2 Å². The Hall–Kier alpha value is -1.44. The first-order valence-corrected chi connectivity index (χ1v) is 9.22. The molecule has 1 N–H and O–H groups in total. The summed E-state index contributed by atoms with van der Waals surface area (Å²) in [5.74, 6) is -0.201. The van der Waals surface area contributed by atoms with E-state index in [9.17, 15) is 13.2 Å². The summed E-state index contributed by atoms with van der Waals surface area (Å²) in [6.45, 7) is 2.28. The molecule has 0 aromatic carbocycles. The van der Waals surface area contributed by atoms with Gasteiger partial charge < -0.3 is 5.32 Å². The van der Waals surface area contributed by atoms with E-state index in [-0.39, 0.29) is 10.1 Å². The van der Waals surface area contributed by atoms with Gasteiger partial charge >= 0.3 is 0 Å². The van der Waals surface area contributed by atoms with Crippen LogP contribution in [-0.2, 0) is 15.5 Å². The third-order valence-corrected chi connectivity index (χ3v) is 5.91. The van der Waals surface area contributed by atoms with Gasteiger partial charge in [0.15, 0.2) is 0 Å². The maximum atomic E-state index is 11.9. The number of aromatic nitrogens is 1. The fourth-order valence-corrected chi connectivity index (χ4v) is 3.83. The summed E-state index contributed by atoms with van der Waals surface area (Å²) < 4.78 is 22.4. The molecule has 0 saturated heterocycles. The van der Waals surface area contributed by atoms with E-state index >= 15 is 0 Å². The van der Waals surface area contributed by atoms with Crippen LogP contribution in [0.4, 0.5) is 0 Å². The van der Waals surface area contributed by atoms with Crippen LogP contribution in [0.5, 0.6) is 0 Å². The second kappa shape index (κ2) is 6.55. The average molecular weight is 345 g/mol. The van der Waals surface area contributed by atoms with Gasteiger partial charge in [-0.2, -0.15) is 0 Å². The molecular weight excluding hydrogens is 332 g/mol. The third kappa shape index (κ3) is 4.52. The van der Waals surface area contributed by atoms with Gasteiger partial charge in [0.05, 0.1) is 5.56 Å². The molecule has 21 heavy (non-hydrogen) atoms. The summed E-state index contributed by atoms with van der Waals surface area (Å²) >= 11 is 1.11. The van der Waals surface area contributed by atoms with Crippen LogP contribution in [0.2, 0.25) is 0 Å². The zero-order chi connectivity index (χ0) is 15.5. The molecule has 0 aliphatic carbocycles. The summed E-state index contributed by atoms with van der Waals surface area (Å²) in [6, 6.07) is 4.92. The molecule has 0 spiro atoms. The number of hydrogen-bond donors (Lipinski definition) is 1. The maximum Gasteiger partial charge on any atom is 0.270 e. The summed E-state index contributed by atoms with van der Waals surface area (Å²) in [5, 5.41) is 2.77. The van der Waals surface area contributed by atoms with Crippen LogP contribution < -0.4 is 5.32 Å². The van der Waals surface area contributed by atoms with Crippen molar-refractivity contribution in [3.63, 3.8) is 0 Å². The van der Waals surface area contributed by atoms with Gasteiger partial charge in [-0.1, -0.05) is 0 Å². The summed E-state index contributed by atoms with van der Waals surface area (Å²) in [6.07, 6.45) is 3.73. The van der Waals surface area contributed by atoms with Crippen molar-refractivity contribution in [1.29, 1.82) is 0 Å². The Morgan fingerprint density at radius 2 is 2.14 bits per heavy atom. The molecule has 0 aliphatic rings. The number of carbonyl (C=O) groups excluding carboxylic acids is 1. The van der Waals surface area contributed by atoms with Crippen LogP contribution in [0.25, 0.3) is 0 Å². The Morgan fingerprint density at radius 3 is 2.76 bits per heavy atom. The van der Waals surface area contributed by atoms with Crippen molar-refractivity contribution in [3.8, 4) is 0 Å². The van der Waals surface area contributed by atoms with Crippen molar-refractivity contribution in [1.82, 2.24) is 10.3 Å². The standard InChI is InChI=1S/C13H13ClN2O3S2/c1-9-6-10(8-15-7-9)13(17)16-5-4-11-2-3-12(20-11)21(14,18)19/h2-3,6-8H,4-5H2,1H3,(H,16,17). The Balaban J connectivity index is 1.90. The highest BCUT2D eigenvalue weighted by atomic mass is 35.7. The van der Waals surface area contributed by atoms with Gasteiger partial charge in [-0.05, 0) is 37.1 Å². The fraction of sp³-hybridized carbons (Fsp3) is 0.231. The number of rotatable bonds is 5. The second-order valence-corrected chi connectivity index (χ2v) is 8.38. The molecule has 0 aliphatic heterocycles. The van der Waals surface area contributed by atoms with Crippen molar-refractivity contribution in [2.45, 2.75) is 17.6 Å². The molecule has 2 aromatic heterocycles. The number of nitrogens with one attached hydrogen (secondary N) is 1. The van der Waals surface area contributed by atoms with E-state index in [1.165, 1.54) is 12.3 Å². The molecule has 2 rings (SSSR count). The van der Waals surface area contributed by atoms with Crippen LogP contribution in [0.15, 0.2) is 34.8 Å². The number of halogens is 1. The molecule has 0 atom stereocenters. The normalized spacial score (nSPS) is 11.3. The van der Waals surface area contributed by atoms with Gasteiger partial charge in [0.2, 0.25) is 0 Å². The second-order valence-electron chi connectivity index (χ2n) is 4.42. The maximum absolute atomic E-state index is 11.9. The van der Waals surface area contributed by atoms with Crippen molar-refractivity contribution in [2.75, 3.05) is 6.54 Å². The lowest BCUT2D eigenvalue weighted by Gasteiger charge is -2.04. The first-order valence-electron chi connectivity index (χ1n) is 6.09. The van der Waals surface area contributed by atoms with E-state index in [2.05, 4.69) is 10.3 Å². The third-order valence-electron chi connectivity index (χ3n) is 2.67. The summed E-state index contributed by atoms with van der Waals surface area (Å²) in [5.41, 5.74) is 1.42. The summed E-state index contributed by atoms with van der Waals surface area (Å²) in [4.78, 5) is 16.7. The van der Waals surface area contributed by atoms with Crippen LogP contribution in [-0.4, -0.2) is 25.9 Å². The Kier molecular flexibility index (Phi) is 4.97. The van der Waals surface area contributed by atoms with Crippen LogP contribution in [0, 0.1) is 6.92 Å². The lowest BCUT2D eigenvalue weighted by molar-refractivity contribution is 0.0953. The molecule has 112 valence electrons. The molecule has 2 aromatic rings. The Bertz CT molecular complexity index is 756.